The Hall–Kier alpha value is -3.55. The number of hydrogen-bond donors (Lipinski definition) is 3. The highest BCUT2D eigenvalue weighted by Crippen LogP contribution is 2.27. The summed E-state index contributed by atoms with van der Waals surface area (Å²) in [6.07, 6.45) is 1.43. The molecule has 0 aliphatic rings. The lowest BCUT2D eigenvalue weighted by Gasteiger charge is -2.12. The second-order valence-electron chi connectivity index (χ2n) is 6.71. The highest BCUT2D eigenvalue weighted by Gasteiger charge is 2.13. The van der Waals surface area contributed by atoms with Crippen molar-refractivity contribution < 1.29 is 14.0 Å². The van der Waals surface area contributed by atoms with E-state index >= 15 is 0 Å². The summed E-state index contributed by atoms with van der Waals surface area (Å²) in [6, 6.07) is 14.4. The average Bonchev–Trinajstić information content (AvgIpc) is 3.22. The van der Waals surface area contributed by atoms with Gasteiger partial charge in [0.25, 0.3) is 5.91 Å². The molecule has 0 aliphatic carbocycles. The number of aromatic nitrogens is 1. The highest BCUT2D eigenvalue weighted by molar-refractivity contribution is 6.35. The van der Waals surface area contributed by atoms with Crippen molar-refractivity contribution in [2.24, 2.45) is 0 Å². The van der Waals surface area contributed by atoms with Crippen molar-refractivity contribution in [3.8, 4) is 0 Å². The number of furan rings is 1. The van der Waals surface area contributed by atoms with Gasteiger partial charge in [-0.15, -0.1) is 0 Å². The van der Waals surface area contributed by atoms with Crippen molar-refractivity contribution in [2.75, 3.05) is 16.0 Å². The minimum atomic E-state index is -0.473. The molecule has 0 bridgehead atoms. The van der Waals surface area contributed by atoms with E-state index in [-0.39, 0.29) is 11.7 Å². The number of carbonyl (C=O) groups is 2. The minimum Gasteiger partial charge on any atom is -0.459 e. The van der Waals surface area contributed by atoms with Crippen LogP contribution in [0.1, 0.15) is 16.2 Å². The van der Waals surface area contributed by atoms with Gasteiger partial charge < -0.3 is 20.4 Å². The van der Waals surface area contributed by atoms with Crippen LogP contribution in [0.15, 0.2) is 65.3 Å². The Bertz CT molecular complexity index is 1270. The SMILES string of the molecule is Cc1cc(NC(=O)c2ccco2)c2cc(NC(=O)Nc3cc(Cl)cc(Cl)c3)ccc2n1. The molecule has 2 aromatic carbocycles. The van der Waals surface area contributed by atoms with Crippen LogP contribution in [0.2, 0.25) is 10.0 Å². The number of nitrogens with one attached hydrogen (secondary N) is 3. The van der Waals surface area contributed by atoms with Crippen LogP contribution in [0.4, 0.5) is 21.9 Å². The third-order valence-corrected chi connectivity index (χ3v) is 4.74. The number of rotatable bonds is 4. The fraction of sp³-hybridized carbons (Fsp3) is 0.0455. The molecule has 0 spiro atoms. The van der Waals surface area contributed by atoms with Gasteiger partial charge in [0.2, 0.25) is 0 Å². The molecule has 4 rings (SSSR count). The Morgan fingerprint density at radius 3 is 2.35 bits per heavy atom. The summed E-state index contributed by atoms with van der Waals surface area (Å²) in [5.74, 6) is -0.192. The number of hydrogen-bond acceptors (Lipinski definition) is 4. The maximum atomic E-state index is 12.4. The first kappa shape index (κ1) is 20.7. The number of aryl methyl sites for hydroxylation is 1. The zero-order chi connectivity index (χ0) is 22.0. The molecule has 0 fully saturated rings. The van der Waals surface area contributed by atoms with Gasteiger partial charge in [-0.25, -0.2) is 4.79 Å². The Labute approximate surface area is 187 Å². The molecular weight excluding hydrogens is 439 g/mol. The van der Waals surface area contributed by atoms with Gasteiger partial charge in [0.1, 0.15) is 0 Å². The van der Waals surface area contributed by atoms with Crippen molar-refractivity contribution in [3.63, 3.8) is 0 Å². The number of anilines is 3. The number of halogens is 2. The molecule has 3 amide bonds. The number of benzene rings is 2. The van der Waals surface area contributed by atoms with Crippen molar-refractivity contribution in [1.82, 2.24) is 4.98 Å². The van der Waals surface area contributed by atoms with Gasteiger partial charge in [0.05, 0.1) is 17.5 Å². The molecule has 0 radical (unpaired) electrons. The van der Waals surface area contributed by atoms with Gasteiger partial charge in [-0.05, 0) is 61.5 Å². The lowest BCUT2D eigenvalue weighted by molar-refractivity contribution is 0.0997. The van der Waals surface area contributed by atoms with E-state index in [1.807, 2.05) is 6.92 Å². The monoisotopic (exact) mass is 454 g/mol. The number of pyridine rings is 1. The zero-order valence-corrected chi connectivity index (χ0v) is 17.7. The molecule has 156 valence electrons. The Morgan fingerprint density at radius 1 is 0.903 bits per heavy atom. The summed E-state index contributed by atoms with van der Waals surface area (Å²) in [6.45, 7) is 1.83. The molecule has 0 saturated carbocycles. The van der Waals surface area contributed by atoms with E-state index < -0.39 is 6.03 Å². The number of urea groups is 1. The molecule has 2 aromatic heterocycles. The lowest BCUT2D eigenvalue weighted by Crippen LogP contribution is -2.19. The van der Waals surface area contributed by atoms with E-state index in [1.54, 1.807) is 54.6 Å². The van der Waals surface area contributed by atoms with E-state index in [0.717, 1.165) is 5.69 Å². The van der Waals surface area contributed by atoms with Gasteiger partial charge in [0.15, 0.2) is 5.76 Å². The van der Waals surface area contributed by atoms with Crippen molar-refractivity contribution in [2.45, 2.75) is 6.92 Å². The summed E-state index contributed by atoms with van der Waals surface area (Å²) in [4.78, 5) is 29.3. The molecule has 2 heterocycles. The van der Waals surface area contributed by atoms with Crippen LogP contribution in [0.3, 0.4) is 0 Å². The van der Waals surface area contributed by atoms with Crippen LogP contribution < -0.4 is 16.0 Å². The van der Waals surface area contributed by atoms with Crippen molar-refractivity contribution in [1.29, 1.82) is 0 Å². The molecule has 31 heavy (non-hydrogen) atoms. The molecule has 0 aliphatic heterocycles. The van der Waals surface area contributed by atoms with Crippen LogP contribution in [0, 0.1) is 6.92 Å². The summed E-state index contributed by atoms with van der Waals surface area (Å²) < 4.78 is 5.15. The average molecular weight is 455 g/mol. The topological polar surface area (TPSA) is 96.3 Å². The third kappa shape index (κ3) is 4.96. The Kier molecular flexibility index (Phi) is 5.79. The van der Waals surface area contributed by atoms with E-state index in [9.17, 15) is 9.59 Å². The lowest BCUT2D eigenvalue weighted by atomic mass is 10.1. The third-order valence-electron chi connectivity index (χ3n) is 4.31. The van der Waals surface area contributed by atoms with Crippen LogP contribution in [-0.2, 0) is 0 Å². The normalized spacial score (nSPS) is 10.7. The molecule has 3 N–H and O–H groups in total. The largest absolute Gasteiger partial charge is 0.459 e. The maximum absolute atomic E-state index is 12.4. The summed E-state index contributed by atoms with van der Waals surface area (Å²) in [7, 11) is 0. The van der Waals surface area contributed by atoms with E-state index in [4.69, 9.17) is 27.6 Å². The van der Waals surface area contributed by atoms with Crippen LogP contribution >= 0.6 is 23.2 Å². The van der Waals surface area contributed by atoms with Crippen LogP contribution in [-0.4, -0.2) is 16.9 Å². The smallest absolute Gasteiger partial charge is 0.323 e. The molecule has 4 aromatic rings. The maximum Gasteiger partial charge on any atom is 0.323 e. The van der Waals surface area contributed by atoms with Crippen LogP contribution in [0.25, 0.3) is 10.9 Å². The minimum absolute atomic E-state index is 0.191. The van der Waals surface area contributed by atoms with E-state index in [1.165, 1.54) is 6.26 Å². The standard InChI is InChI=1S/C22H16Cl2N4O3/c1-12-7-19(28-21(29)20-3-2-6-31-20)17-11-15(4-5-18(17)25-12)26-22(30)27-16-9-13(23)8-14(24)10-16/h2-11H,1H3,(H,25,28,29)(H2,26,27,30). The zero-order valence-electron chi connectivity index (χ0n) is 16.2. The number of fused-ring (bicyclic) bond motifs is 1. The summed E-state index contributed by atoms with van der Waals surface area (Å²) in [5.41, 5.74) is 2.92. The predicted molar refractivity (Wildman–Crippen MR) is 122 cm³/mol. The number of amides is 3. The quantitative estimate of drug-likeness (QED) is 0.335. The highest BCUT2D eigenvalue weighted by atomic mass is 35.5. The van der Waals surface area contributed by atoms with E-state index in [0.29, 0.717) is 38.0 Å². The second kappa shape index (κ2) is 8.67. The predicted octanol–water partition coefficient (Wildman–Crippen LogP) is 6.34. The van der Waals surface area contributed by atoms with Gasteiger partial charge in [-0.2, -0.15) is 0 Å². The molecule has 0 saturated heterocycles. The van der Waals surface area contributed by atoms with Gasteiger partial charge >= 0.3 is 6.03 Å². The second-order valence-corrected chi connectivity index (χ2v) is 7.58. The van der Waals surface area contributed by atoms with Gasteiger partial charge in [-0.3, -0.25) is 9.78 Å². The molecule has 0 atom stereocenters. The number of carbonyl (C=O) groups excluding carboxylic acids is 2. The first-order chi connectivity index (χ1) is 14.9. The fourth-order valence-electron chi connectivity index (χ4n) is 3.05. The molecule has 7 nitrogen and oxygen atoms in total. The molecule has 0 unspecified atom stereocenters. The first-order valence-electron chi connectivity index (χ1n) is 9.18. The fourth-order valence-corrected chi connectivity index (χ4v) is 3.58. The summed E-state index contributed by atoms with van der Waals surface area (Å²) >= 11 is 11.9. The van der Waals surface area contributed by atoms with Crippen molar-refractivity contribution >= 4 is 63.1 Å². The van der Waals surface area contributed by atoms with Gasteiger partial charge in [-0.1, -0.05) is 23.2 Å². The van der Waals surface area contributed by atoms with Crippen molar-refractivity contribution in [3.05, 3.63) is 82.4 Å². The number of nitrogens with zero attached hydrogens (tertiary/aromatic N) is 1. The van der Waals surface area contributed by atoms with Crippen LogP contribution in [0.5, 0.6) is 0 Å². The first-order valence-corrected chi connectivity index (χ1v) is 9.93. The molecular formula is C22H16Cl2N4O3. The van der Waals surface area contributed by atoms with E-state index in [2.05, 4.69) is 20.9 Å². The summed E-state index contributed by atoms with van der Waals surface area (Å²) in [5, 5.41) is 9.74. The van der Waals surface area contributed by atoms with Gasteiger partial charge in [0, 0.05) is 32.5 Å². The Morgan fingerprint density at radius 2 is 1.65 bits per heavy atom. The molecule has 9 heteroatoms. The Balaban J connectivity index is 1.58.